The van der Waals surface area contributed by atoms with Gasteiger partial charge in [0.05, 0.1) is 18.0 Å². The first kappa shape index (κ1) is 8.88. The minimum absolute atomic E-state index is 0.0452. The summed E-state index contributed by atoms with van der Waals surface area (Å²) in [6.45, 7) is 0. The Morgan fingerprint density at radius 1 is 1.50 bits per heavy atom. The third-order valence-corrected chi connectivity index (χ3v) is 1.60. The number of rotatable bonds is 1. The molecular formula is C9H7F3N2. The molecule has 2 N–H and O–H groups in total. The van der Waals surface area contributed by atoms with Crippen LogP contribution in [0.3, 0.4) is 0 Å². The van der Waals surface area contributed by atoms with Crippen molar-refractivity contribution in [3.8, 4) is 6.07 Å². The molecule has 0 spiro atoms. The van der Waals surface area contributed by atoms with Gasteiger partial charge in [-0.2, -0.15) is 18.4 Å². The molecule has 1 atom stereocenters. The molecule has 0 aromatic heterocycles. The molecule has 1 unspecified atom stereocenters. The number of nitrogens with two attached hydrogens (primary N) is 1. The number of nitrogen functional groups attached to an aromatic ring is 1. The van der Waals surface area contributed by atoms with E-state index < -0.39 is 18.1 Å². The summed E-state index contributed by atoms with van der Waals surface area (Å²) in [5, 5.41) is 8.41. The SMILES string of the molecule is [2H]C(C#N)c1ccc(N)cc1C(F)(F)F. The van der Waals surface area contributed by atoms with Crippen molar-refractivity contribution in [2.75, 3.05) is 5.73 Å². The summed E-state index contributed by atoms with van der Waals surface area (Å²) in [4.78, 5) is 0. The van der Waals surface area contributed by atoms with Gasteiger partial charge in [-0.1, -0.05) is 6.07 Å². The zero-order valence-electron chi connectivity index (χ0n) is 7.97. The van der Waals surface area contributed by atoms with Gasteiger partial charge in [0.25, 0.3) is 0 Å². The summed E-state index contributed by atoms with van der Waals surface area (Å²) in [5.74, 6) is 0. The normalized spacial score (nSPS) is 14.3. The highest BCUT2D eigenvalue weighted by atomic mass is 19.4. The molecule has 0 aliphatic carbocycles. The largest absolute Gasteiger partial charge is 0.416 e. The summed E-state index contributed by atoms with van der Waals surface area (Å²) < 4.78 is 44.6. The number of benzene rings is 1. The fraction of sp³-hybridized carbons (Fsp3) is 0.222. The van der Waals surface area contributed by atoms with Gasteiger partial charge in [0, 0.05) is 7.06 Å². The van der Waals surface area contributed by atoms with Crippen LogP contribution in [0.15, 0.2) is 18.2 Å². The summed E-state index contributed by atoms with van der Waals surface area (Å²) in [7, 11) is 0. The first-order valence-corrected chi connectivity index (χ1v) is 3.64. The molecule has 0 saturated heterocycles. The van der Waals surface area contributed by atoms with Crippen molar-refractivity contribution < 1.29 is 14.5 Å². The van der Waals surface area contributed by atoms with Gasteiger partial charge in [0.2, 0.25) is 0 Å². The van der Waals surface area contributed by atoms with E-state index in [2.05, 4.69) is 0 Å². The number of halogens is 3. The third kappa shape index (κ3) is 2.16. The maximum absolute atomic E-state index is 12.5. The lowest BCUT2D eigenvalue weighted by molar-refractivity contribution is -0.138. The van der Waals surface area contributed by atoms with Crippen molar-refractivity contribution in [2.45, 2.75) is 12.6 Å². The lowest BCUT2D eigenvalue weighted by Crippen LogP contribution is -2.09. The van der Waals surface area contributed by atoms with Crippen LogP contribution in [-0.4, -0.2) is 0 Å². The monoisotopic (exact) mass is 201 g/mol. The Balaban J connectivity index is 3.35. The Bertz CT molecular complexity index is 409. The van der Waals surface area contributed by atoms with E-state index in [1.807, 2.05) is 0 Å². The van der Waals surface area contributed by atoms with Crippen LogP contribution in [0.5, 0.6) is 0 Å². The topological polar surface area (TPSA) is 49.8 Å². The molecule has 1 rings (SSSR count). The second kappa shape index (κ2) is 3.58. The minimum atomic E-state index is -4.60. The van der Waals surface area contributed by atoms with E-state index in [1.54, 1.807) is 0 Å². The maximum atomic E-state index is 12.5. The van der Waals surface area contributed by atoms with Crippen molar-refractivity contribution in [1.29, 1.82) is 5.26 Å². The molecule has 5 heteroatoms. The summed E-state index contributed by atoms with van der Waals surface area (Å²) in [6.07, 6.45) is -6.15. The molecule has 1 aromatic rings. The van der Waals surface area contributed by atoms with Gasteiger partial charge in [0.1, 0.15) is 0 Å². The van der Waals surface area contributed by atoms with Crippen LogP contribution >= 0.6 is 0 Å². The van der Waals surface area contributed by atoms with Gasteiger partial charge in [0.15, 0.2) is 0 Å². The zero-order valence-corrected chi connectivity index (χ0v) is 6.97. The van der Waals surface area contributed by atoms with E-state index in [1.165, 1.54) is 12.1 Å². The predicted octanol–water partition coefficient (Wildman–Crippen LogP) is 2.35. The maximum Gasteiger partial charge on any atom is 0.416 e. The number of hydrogen-bond acceptors (Lipinski definition) is 2. The first-order valence-electron chi connectivity index (χ1n) is 4.22. The average molecular weight is 201 g/mol. The molecule has 1 aromatic carbocycles. The number of nitriles is 1. The summed E-state index contributed by atoms with van der Waals surface area (Å²) in [5.41, 5.74) is 3.78. The molecule has 14 heavy (non-hydrogen) atoms. The fourth-order valence-electron chi connectivity index (χ4n) is 1.01. The molecule has 0 saturated carbocycles. The van der Waals surface area contributed by atoms with Gasteiger partial charge in [-0.15, -0.1) is 0 Å². The molecular weight excluding hydrogens is 193 g/mol. The number of alkyl halides is 3. The van der Waals surface area contributed by atoms with Crippen molar-refractivity contribution in [1.82, 2.24) is 0 Å². The third-order valence-electron chi connectivity index (χ3n) is 1.60. The van der Waals surface area contributed by atoms with E-state index >= 15 is 0 Å². The van der Waals surface area contributed by atoms with Crippen LogP contribution in [0, 0.1) is 11.3 Å². The van der Waals surface area contributed by atoms with Gasteiger partial charge in [-0.3, -0.25) is 0 Å². The zero-order chi connectivity index (χ0) is 11.6. The van der Waals surface area contributed by atoms with Gasteiger partial charge < -0.3 is 5.73 Å². The van der Waals surface area contributed by atoms with Crippen LogP contribution in [0.1, 0.15) is 12.5 Å². The second-order valence-corrected chi connectivity index (χ2v) is 2.62. The number of anilines is 1. The van der Waals surface area contributed by atoms with E-state index in [0.717, 1.165) is 12.1 Å². The minimum Gasteiger partial charge on any atom is -0.399 e. The Kier molecular flexibility index (Phi) is 2.27. The highest BCUT2D eigenvalue weighted by Gasteiger charge is 2.33. The molecule has 2 nitrogen and oxygen atoms in total. The molecule has 0 amide bonds. The van der Waals surface area contributed by atoms with Gasteiger partial charge in [-0.25, -0.2) is 0 Å². The Morgan fingerprint density at radius 3 is 2.64 bits per heavy atom. The molecule has 0 heterocycles. The van der Waals surface area contributed by atoms with E-state index in [-0.39, 0.29) is 11.3 Å². The Labute approximate surface area is 80.2 Å². The van der Waals surface area contributed by atoms with E-state index in [9.17, 15) is 13.2 Å². The molecule has 74 valence electrons. The molecule has 0 bridgehead atoms. The predicted molar refractivity (Wildman–Crippen MR) is 45.2 cm³/mol. The van der Waals surface area contributed by atoms with Crippen LogP contribution in [0.4, 0.5) is 18.9 Å². The van der Waals surface area contributed by atoms with Gasteiger partial charge in [-0.05, 0) is 17.7 Å². The molecule has 0 aliphatic heterocycles. The Hall–Kier alpha value is -1.70. The second-order valence-electron chi connectivity index (χ2n) is 2.62. The Morgan fingerprint density at radius 2 is 2.14 bits per heavy atom. The highest BCUT2D eigenvalue weighted by molar-refractivity contribution is 5.46. The quantitative estimate of drug-likeness (QED) is 0.709. The molecule has 0 radical (unpaired) electrons. The van der Waals surface area contributed by atoms with Crippen LogP contribution in [0.25, 0.3) is 0 Å². The van der Waals surface area contributed by atoms with Crippen LogP contribution in [0.2, 0.25) is 0 Å². The van der Waals surface area contributed by atoms with Gasteiger partial charge >= 0.3 is 6.18 Å². The van der Waals surface area contributed by atoms with E-state index in [4.69, 9.17) is 12.4 Å². The molecule has 0 aliphatic rings. The fourth-order valence-corrected chi connectivity index (χ4v) is 1.01. The molecule has 0 fully saturated rings. The lowest BCUT2D eigenvalue weighted by Gasteiger charge is -2.11. The first-order chi connectivity index (χ1) is 6.86. The number of hydrogen-bond donors (Lipinski definition) is 1. The average Bonchev–Trinajstić information content (AvgIpc) is 2.15. The lowest BCUT2D eigenvalue weighted by atomic mass is 10.0. The standard InChI is InChI=1S/C9H7F3N2/c10-9(11,12)8-5-7(14)2-1-6(8)3-4-13/h1-2,5H,3,14H2/i3D. The van der Waals surface area contributed by atoms with Crippen molar-refractivity contribution in [3.05, 3.63) is 29.3 Å². The van der Waals surface area contributed by atoms with E-state index in [0.29, 0.717) is 0 Å². The summed E-state index contributed by atoms with van der Waals surface area (Å²) in [6, 6.07) is 4.46. The smallest absolute Gasteiger partial charge is 0.399 e. The summed E-state index contributed by atoms with van der Waals surface area (Å²) >= 11 is 0. The van der Waals surface area contributed by atoms with Crippen molar-refractivity contribution >= 4 is 5.69 Å². The van der Waals surface area contributed by atoms with Crippen molar-refractivity contribution in [3.63, 3.8) is 0 Å². The van der Waals surface area contributed by atoms with Crippen LogP contribution < -0.4 is 5.73 Å². The number of nitrogens with zero attached hydrogens (tertiary/aromatic N) is 1. The highest BCUT2D eigenvalue weighted by Crippen LogP contribution is 2.33. The van der Waals surface area contributed by atoms with Crippen LogP contribution in [-0.2, 0) is 12.6 Å². The van der Waals surface area contributed by atoms with Crippen molar-refractivity contribution in [2.24, 2.45) is 0 Å².